The van der Waals surface area contributed by atoms with E-state index in [1.54, 1.807) is 6.07 Å². The third-order valence-electron chi connectivity index (χ3n) is 6.15. The van der Waals surface area contributed by atoms with Crippen molar-refractivity contribution in [2.24, 2.45) is 0 Å². The van der Waals surface area contributed by atoms with Gasteiger partial charge in [-0.3, -0.25) is 10.1 Å². The average Bonchev–Trinajstić information content (AvgIpc) is 2.82. The minimum absolute atomic E-state index is 0.0486. The standard InChI is InChI=1S/C28H49NO4/c1-3-5-7-9-11-13-15-17-19-23-32-27-22-21-26(29(30)31)25-28(27)33-24-20-18-16-14-12-10-8-6-4-2/h21-22,25H,3-20,23-24H2,1-2H3. The first kappa shape index (κ1) is 29.3. The number of nitro benzene ring substituents is 1. The molecule has 190 valence electrons. The Balaban J connectivity index is 2.25. The molecule has 1 aromatic carbocycles. The first-order valence-electron chi connectivity index (χ1n) is 13.7. The molecule has 0 atom stereocenters. The number of non-ortho nitro benzene ring substituents is 1. The molecule has 1 rings (SSSR count). The highest BCUT2D eigenvalue weighted by Gasteiger charge is 2.13. The van der Waals surface area contributed by atoms with Crippen molar-refractivity contribution in [3.63, 3.8) is 0 Å². The van der Waals surface area contributed by atoms with Crippen molar-refractivity contribution in [3.8, 4) is 11.5 Å². The average molecular weight is 464 g/mol. The number of hydrogen-bond acceptors (Lipinski definition) is 4. The summed E-state index contributed by atoms with van der Waals surface area (Å²) in [6, 6.07) is 4.67. The van der Waals surface area contributed by atoms with Gasteiger partial charge < -0.3 is 9.47 Å². The zero-order chi connectivity index (χ0) is 24.0. The van der Waals surface area contributed by atoms with Gasteiger partial charge in [0.15, 0.2) is 11.5 Å². The van der Waals surface area contributed by atoms with Gasteiger partial charge in [-0.15, -0.1) is 0 Å². The lowest BCUT2D eigenvalue weighted by Crippen LogP contribution is -2.03. The van der Waals surface area contributed by atoms with Gasteiger partial charge in [0.05, 0.1) is 24.2 Å². The van der Waals surface area contributed by atoms with Crippen molar-refractivity contribution in [1.29, 1.82) is 0 Å². The molecule has 0 amide bonds. The van der Waals surface area contributed by atoms with E-state index in [1.807, 2.05) is 0 Å². The lowest BCUT2D eigenvalue weighted by molar-refractivity contribution is -0.385. The summed E-state index contributed by atoms with van der Waals surface area (Å²) in [5.74, 6) is 1.12. The van der Waals surface area contributed by atoms with Gasteiger partial charge in [0, 0.05) is 6.07 Å². The molecule has 5 heteroatoms. The van der Waals surface area contributed by atoms with Gasteiger partial charge in [0.1, 0.15) is 0 Å². The minimum atomic E-state index is -0.379. The molecule has 1 aromatic rings. The van der Waals surface area contributed by atoms with E-state index >= 15 is 0 Å². The van der Waals surface area contributed by atoms with Gasteiger partial charge in [-0.05, 0) is 18.9 Å². The van der Waals surface area contributed by atoms with E-state index < -0.39 is 0 Å². The molecular weight excluding hydrogens is 414 g/mol. The van der Waals surface area contributed by atoms with Gasteiger partial charge >= 0.3 is 0 Å². The summed E-state index contributed by atoms with van der Waals surface area (Å²) in [6.45, 7) is 5.70. The Morgan fingerprint density at radius 2 is 1.00 bits per heavy atom. The first-order valence-corrected chi connectivity index (χ1v) is 13.7. The summed E-state index contributed by atoms with van der Waals surface area (Å²) in [5.41, 5.74) is 0.0486. The van der Waals surface area contributed by atoms with Gasteiger partial charge in [0.25, 0.3) is 5.69 Å². The highest BCUT2D eigenvalue weighted by atomic mass is 16.6. The van der Waals surface area contributed by atoms with E-state index in [2.05, 4.69) is 13.8 Å². The van der Waals surface area contributed by atoms with Crippen LogP contribution in [0.4, 0.5) is 5.69 Å². The van der Waals surface area contributed by atoms with Crippen LogP contribution in [0.2, 0.25) is 0 Å². The monoisotopic (exact) mass is 463 g/mol. The van der Waals surface area contributed by atoms with E-state index in [0.29, 0.717) is 24.7 Å². The van der Waals surface area contributed by atoms with E-state index in [-0.39, 0.29) is 10.6 Å². The van der Waals surface area contributed by atoms with Crippen molar-refractivity contribution in [3.05, 3.63) is 28.3 Å². The fourth-order valence-electron chi connectivity index (χ4n) is 4.03. The van der Waals surface area contributed by atoms with E-state index in [9.17, 15) is 10.1 Å². The summed E-state index contributed by atoms with van der Waals surface area (Å²) >= 11 is 0. The molecule has 0 aromatic heterocycles. The largest absolute Gasteiger partial charge is 0.490 e. The third-order valence-corrected chi connectivity index (χ3v) is 6.15. The maximum Gasteiger partial charge on any atom is 0.273 e. The highest BCUT2D eigenvalue weighted by Crippen LogP contribution is 2.32. The van der Waals surface area contributed by atoms with Crippen LogP contribution in [-0.2, 0) is 0 Å². The van der Waals surface area contributed by atoms with Crippen LogP contribution in [0.1, 0.15) is 129 Å². The lowest BCUT2D eigenvalue weighted by Gasteiger charge is -2.13. The Labute approximate surface area is 202 Å². The Morgan fingerprint density at radius 1 is 0.606 bits per heavy atom. The van der Waals surface area contributed by atoms with Gasteiger partial charge in [-0.25, -0.2) is 0 Å². The van der Waals surface area contributed by atoms with Crippen LogP contribution < -0.4 is 9.47 Å². The summed E-state index contributed by atoms with van der Waals surface area (Å²) in [6.07, 6.45) is 22.7. The quantitative estimate of drug-likeness (QED) is 0.0921. The molecule has 0 fully saturated rings. The van der Waals surface area contributed by atoms with Crippen molar-refractivity contribution < 1.29 is 14.4 Å². The molecule has 0 aliphatic rings. The van der Waals surface area contributed by atoms with Crippen molar-refractivity contribution in [1.82, 2.24) is 0 Å². The number of hydrogen-bond donors (Lipinski definition) is 0. The fraction of sp³-hybridized carbons (Fsp3) is 0.786. The summed E-state index contributed by atoms with van der Waals surface area (Å²) in [4.78, 5) is 10.8. The summed E-state index contributed by atoms with van der Waals surface area (Å²) in [7, 11) is 0. The molecule has 5 nitrogen and oxygen atoms in total. The topological polar surface area (TPSA) is 61.6 Å². The van der Waals surface area contributed by atoms with Crippen LogP contribution >= 0.6 is 0 Å². The molecule has 0 saturated carbocycles. The molecule has 0 heterocycles. The van der Waals surface area contributed by atoms with Crippen LogP contribution in [0.25, 0.3) is 0 Å². The Bertz CT molecular complexity index is 606. The molecule has 0 unspecified atom stereocenters. The number of ether oxygens (including phenoxy) is 2. The molecule has 0 aliphatic heterocycles. The normalized spacial score (nSPS) is 11.0. The van der Waals surface area contributed by atoms with Crippen molar-refractivity contribution in [2.75, 3.05) is 13.2 Å². The zero-order valence-electron chi connectivity index (χ0n) is 21.5. The van der Waals surface area contributed by atoms with Crippen LogP contribution in [0.3, 0.4) is 0 Å². The number of benzene rings is 1. The molecule has 33 heavy (non-hydrogen) atoms. The fourth-order valence-corrected chi connectivity index (χ4v) is 4.03. The maximum atomic E-state index is 11.2. The molecule has 0 N–H and O–H groups in total. The van der Waals surface area contributed by atoms with Gasteiger partial charge in [0.2, 0.25) is 0 Å². The SMILES string of the molecule is CCCCCCCCCCCOc1ccc([N+](=O)[O-])cc1OCCCCCCCCCCC. The number of nitro groups is 1. The molecule has 0 saturated heterocycles. The second-order valence-electron chi connectivity index (χ2n) is 9.24. The smallest absolute Gasteiger partial charge is 0.273 e. The first-order chi connectivity index (χ1) is 16.2. The molecular formula is C28H49NO4. The van der Waals surface area contributed by atoms with E-state index in [1.165, 1.54) is 102 Å². The Kier molecular flexibility index (Phi) is 18.4. The second-order valence-corrected chi connectivity index (χ2v) is 9.24. The number of rotatable bonds is 23. The van der Waals surface area contributed by atoms with Crippen LogP contribution in [0, 0.1) is 10.1 Å². The van der Waals surface area contributed by atoms with Crippen LogP contribution in [0.15, 0.2) is 18.2 Å². The predicted octanol–water partition coefficient (Wildman–Crippen LogP) is 9.41. The van der Waals surface area contributed by atoms with Gasteiger partial charge in [-0.1, -0.05) is 117 Å². The number of unbranched alkanes of at least 4 members (excludes halogenated alkanes) is 16. The van der Waals surface area contributed by atoms with Crippen LogP contribution in [-0.4, -0.2) is 18.1 Å². The van der Waals surface area contributed by atoms with Crippen LogP contribution in [0.5, 0.6) is 11.5 Å². The Hall–Kier alpha value is -1.78. The lowest BCUT2D eigenvalue weighted by atomic mass is 10.1. The predicted molar refractivity (Wildman–Crippen MR) is 139 cm³/mol. The molecule has 0 radical (unpaired) electrons. The second kappa shape index (κ2) is 20.8. The number of nitrogens with zero attached hydrogens (tertiary/aromatic N) is 1. The maximum absolute atomic E-state index is 11.2. The minimum Gasteiger partial charge on any atom is -0.490 e. The third kappa shape index (κ3) is 15.6. The highest BCUT2D eigenvalue weighted by molar-refractivity contribution is 5.48. The Morgan fingerprint density at radius 3 is 1.42 bits per heavy atom. The van der Waals surface area contributed by atoms with Crippen molar-refractivity contribution in [2.45, 2.75) is 129 Å². The van der Waals surface area contributed by atoms with E-state index in [4.69, 9.17) is 9.47 Å². The molecule has 0 bridgehead atoms. The molecule has 0 spiro atoms. The summed E-state index contributed by atoms with van der Waals surface area (Å²) < 4.78 is 11.8. The van der Waals surface area contributed by atoms with Gasteiger partial charge in [-0.2, -0.15) is 0 Å². The van der Waals surface area contributed by atoms with Crippen molar-refractivity contribution >= 4 is 5.69 Å². The molecule has 0 aliphatic carbocycles. The van der Waals surface area contributed by atoms with E-state index in [0.717, 1.165) is 25.7 Å². The zero-order valence-corrected chi connectivity index (χ0v) is 21.5. The summed E-state index contributed by atoms with van der Waals surface area (Å²) in [5, 5.41) is 11.2.